The summed E-state index contributed by atoms with van der Waals surface area (Å²) in [6.45, 7) is 0.362. The number of thioether (sulfide) groups is 1. The van der Waals surface area contributed by atoms with E-state index < -0.39 is 0 Å². The van der Waals surface area contributed by atoms with E-state index >= 15 is 0 Å². The number of aliphatic hydroxyl groups excluding tert-OH is 2. The fourth-order valence-corrected chi connectivity index (χ4v) is 5.14. The Balaban J connectivity index is 0.000000134. The zero-order valence-corrected chi connectivity index (χ0v) is 21.6. The van der Waals surface area contributed by atoms with Crippen molar-refractivity contribution in [2.45, 2.75) is 17.1 Å². The van der Waals surface area contributed by atoms with Crippen LogP contribution in [0.5, 0.6) is 0 Å². The van der Waals surface area contributed by atoms with Crippen LogP contribution in [-0.4, -0.2) is 54.9 Å². The molecule has 0 spiro atoms. The number of aromatic nitrogens is 4. The van der Waals surface area contributed by atoms with E-state index in [2.05, 4.69) is 56.8 Å². The van der Waals surface area contributed by atoms with Crippen molar-refractivity contribution in [1.29, 1.82) is 0 Å². The summed E-state index contributed by atoms with van der Waals surface area (Å²) >= 11 is 5.32. The van der Waals surface area contributed by atoms with E-state index in [1.807, 2.05) is 30.3 Å². The molecule has 1 saturated heterocycles. The van der Waals surface area contributed by atoms with Crippen LogP contribution in [0.15, 0.2) is 84.3 Å². The topological polar surface area (TPSA) is 105 Å². The molecule has 2 aliphatic rings. The first-order chi connectivity index (χ1) is 18.3. The van der Waals surface area contributed by atoms with Crippen molar-refractivity contribution in [1.82, 2.24) is 19.9 Å². The Kier molecular flexibility index (Phi) is 8.28. The van der Waals surface area contributed by atoms with E-state index in [0.29, 0.717) is 11.5 Å². The highest BCUT2D eigenvalue weighted by atomic mass is 32.2. The second kappa shape index (κ2) is 12.0. The molecule has 2 N–H and O–H groups in total. The van der Waals surface area contributed by atoms with E-state index in [1.165, 1.54) is 11.1 Å². The van der Waals surface area contributed by atoms with Gasteiger partial charge in [0.1, 0.15) is 12.2 Å². The lowest BCUT2D eigenvalue weighted by Crippen LogP contribution is -2.02. The Morgan fingerprint density at radius 3 is 1.95 bits per heavy atom. The smallest absolute Gasteiger partial charge is 0.116 e. The quantitative estimate of drug-likeness (QED) is 0.128. The molecule has 1 aromatic carbocycles. The zero-order valence-electron chi connectivity index (χ0n) is 19.9. The van der Waals surface area contributed by atoms with E-state index in [-0.39, 0.29) is 25.4 Å². The van der Waals surface area contributed by atoms with Crippen LogP contribution in [0, 0.1) is 0 Å². The summed E-state index contributed by atoms with van der Waals surface area (Å²) in [5.74, 6) is 1.26. The maximum Gasteiger partial charge on any atom is 0.116 e. The SMILES string of the molecule is OCCS.OCCSc1cc2cccnc2c2ncccc12.c1cnc2c(c1)C1OC1c1cccnc1-2. The number of fused-ring (bicyclic) bond motifs is 9. The first kappa shape index (κ1) is 25.6. The number of hydrogen-bond donors (Lipinski definition) is 3. The van der Waals surface area contributed by atoms with Crippen molar-refractivity contribution in [3.8, 4) is 11.4 Å². The van der Waals surface area contributed by atoms with Gasteiger partial charge in [-0.1, -0.05) is 24.3 Å². The molecule has 7 nitrogen and oxygen atoms in total. The van der Waals surface area contributed by atoms with Gasteiger partial charge in [0.2, 0.25) is 0 Å². The van der Waals surface area contributed by atoms with Crippen molar-refractivity contribution in [2.75, 3.05) is 24.7 Å². The predicted octanol–water partition coefficient (Wildman–Crippen LogP) is 5.05. The highest BCUT2D eigenvalue weighted by molar-refractivity contribution is 7.99. The Morgan fingerprint density at radius 1 is 0.757 bits per heavy atom. The van der Waals surface area contributed by atoms with Gasteiger partial charge in [-0.3, -0.25) is 19.9 Å². The lowest BCUT2D eigenvalue weighted by atomic mass is 9.93. The molecule has 1 aliphatic carbocycles. The molecule has 5 heterocycles. The number of benzene rings is 1. The van der Waals surface area contributed by atoms with E-state index in [0.717, 1.165) is 38.1 Å². The van der Waals surface area contributed by atoms with Crippen LogP contribution in [-0.2, 0) is 4.74 Å². The van der Waals surface area contributed by atoms with E-state index in [1.54, 1.807) is 36.5 Å². The van der Waals surface area contributed by atoms with Crippen LogP contribution in [0.25, 0.3) is 33.2 Å². The molecule has 188 valence electrons. The van der Waals surface area contributed by atoms with Crippen molar-refractivity contribution in [3.63, 3.8) is 0 Å². The minimum Gasteiger partial charge on any atom is -0.396 e. The van der Waals surface area contributed by atoms with Gasteiger partial charge in [-0.15, -0.1) is 11.8 Å². The number of ether oxygens (including phenoxy) is 1. The third-order valence-electron chi connectivity index (χ3n) is 5.88. The molecule has 0 bridgehead atoms. The van der Waals surface area contributed by atoms with Crippen molar-refractivity contribution >= 4 is 46.2 Å². The molecule has 4 aromatic heterocycles. The molecular weight excluding hydrogens is 504 g/mol. The first-order valence-electron chi connectivity index (χ1n) is 11.9. The summed E-state index contributed by atoms with van der Waals surface area (Å²) in [6, 6.07) is 18.1. The zero-order chi connectivity index (χ0) is 25.6. The van der Waals surface area contributed by atoms with Crippen LogP contribution >= 0.6 is 24.4 Å². The van der Waals surface area contributed by atoms with Crippen LogP contribution in [0.2, 0.25) is 0 Å². The molecule has 0 amide bonds. The third-order valence-corrected chi connectivity index (χ3v) is 7.11. The summed E-state index contributed by atoms with van der Waals surface area (Å²) in [5.41, 5.74) is 6.17. The number of thiol groups is 1. The minimum atomic E-state index is 0.178. The number of rotatable bonds is 4. The van der Waals surface area contributed by atoms with Crippen LogP contribution in [0.3, 0.4) is 0 Å². The summed E-state index contributed by atoms with van der Waals surface area (Å²) in [4.78, 5) is 18.8. The van der Waals surface area contributed by atoms with Crippen molar-refractivity contribution in [2.24, 2.45) is 0 Å². The lowest BCUT2D eigenvalue weighted by molar-refractivity contribution is 0.322. The summed E-state index contributed by atoms with van der Waals surface area (Å²) in [7, 11) is 0. The van der Waals surface area contributed by atoms with E-state index in [4.69, 9.17) is 14.9 Å². The Bertz CT molecular complexity index is 1470. The van der Waals surface area contributed by atoms with Gasteiger partial charge in [0.25, 0.3) is 0 Å². The Hall–Kier alpha value is -3.08. The number of nitrogens with zero attached hydrogens (tertiary/aromatic N) is 4. The van der Waals surface area contributed by atoms with Crippen LogP contribution in [0.4, 0.5) is 0 Å². The first-order valence-corrected chi connectivity index (χ1v) is 13.5. The normalized spacial score (nSPS) is 16.4. The molecule has 7 rings (SSSR count). The highest BCUT2D eigenvalue weighted by Gasteiger charge is 2.48. The van der Waals surface area contributed by atoms with Crippen molar-refractivity contribution in [3.05, 3.63) is 90.5 Å². The van der Waals surface area contributed by atoms with Crippen LogP contribution < -0.4 is 0 Å². The monoisotopic (exact) mass is 530 g/mol. The fourth-order valence-electron chi connectivity index (χ4n) is 4.29. The second-order valence-corrected chi connectivity index (χ2v) is 9.81. The fraction of sp³-hybridized carbons (Fsp3) is 0.214. The molecule has 5 aromatic rings. The van der Waals surface area contributed by atoms with Crippen LogP contribution in [0.1, 0.15) is 23.3 Å². The van der Waals surface area contributed by atoms with Gasteiger partial charge in [0, 0.05) is 63.1 Å². The van der Waals surface area contributed by atoms with Gasteiger partial charge in [-0.05, 0) is 30.3 Å². The Morgan fingerprint density at radius 2 is 1.32 bits per heavy atom. The molecule has 0 radical (unpaired) electrons. The molecule has 37 heavy (non-hydrogen) atoms. The number of hydrogen-bond acceptors (Lipinski definition) is 9. The van der Waals surface area contributed by atoms with Gasteiger partial charge in [0.05, 0.1) is 35.6 Å². The van der Waals surface area contributed by atoms with Crippen molar-refractivity contribution < 1.29 is 14.9 Å². The molecule has 1 aliphatic heterocycles. The largest absolute Gasteiger partial charge is 0.396 e. The van der Waals surface area contributed by atoms with Gasteiger partial charge < -0.3 is 14.9 Å². The van der Waals surface area contributed by atoms with Gasteiger partial charge in [-0.25, -0.2) is 0 Å². The average molecular weight is 531 g/mol. The minimum absolute atomic E-state index is 0.178. The maximum atomic E-state index is 8.96. The van der Waals surface area contributed by atoms with E-state index in [9.17, 15) is 0 Å². The average Bonchev–Trinajstić information content (AvgIpc) is 3.78. The number of aliphatic hydroxyl groups is 2. The van der Waals surface area contributed by atoms with Gasteiger partial charge in [0.15, 0.2) is 0 Å². The number of pyridine rings is 4. The summed E-state index contributed by atoms with van der Waals surface area (Å²) in [6.07, 6.45) is 7.62. The molecular formula is C28H26N4O3S2. The standard InChI is InChI=1S/C14H12N2OS.C12H8N2O.C2H6OS/c17-7-8-18-12-9-10-3-1-5-15-13(10)14-11(12)4-2-6-16-14;1-3-7-9(13-5-1)10-8(4-2-6-14-10)12-11(7)15-12;3-1-2-4/h1-6,9,17H,7-8H2;1-6,11-12H;3-4H,1-2H2. The van der Waals surface area contributed by atoms with Gasteiger partial charge >= 0.3 is 0 Å². The predicted molar refractivity (Wildman–Crippen MR) is 150 cm³/mol. The summed E-state index contributed by atoms with van der Waals surface area (Å²) in [5, 5.41) is 18.9. The third kappa shape index (κ3) is 5.46. The highest BCUT2D eigenvalue weighted by Crippen LogP contribution is 2.57. The molecule has 2 unspecified atom stereocenters. The van der Waals surface area contributed by atoms with Gasteiger partial charge in [-0.2, -0.15) is 12.6 Å². The Labute approximate surface area is 224 Å². The molecule has 2 atom stereocenters. The summed E-state index contributed by atoms with van der Waals surface area (Å²) < 4.78 is 5.65. The maximum absolute atomic E-state index is 8.96. The molecule has 1 fully saturated rings. The lowest BCUT2D eigenvalue weighted by Gasteiger charge is -2.13. The molecule has 9 heteroatoms. The second-order valence-electron chi connectivity index (χ2n) is 8.23. The number of epoxide rings is 1. The molecule has 0 saturated carbocycles.